The molecule has 0 unspecified atom stereocenters. The summed E-state index contributed by atoms with van der Waals surface area (Å²) in [6, 6.07) is 17.4. The Bertz CT molecular complexity index is 1100. The molecule has 230 valence electrons. The van der Waals surface area contributed by atoms with Gasteiger partial charge in [0.15, 0.2) is 0 Å². The zero-order valence-corrected chi connectivity index (χ0v) is 26.3. The van der Waals surface area contributed by atoms with Crippen molar-refractivity contribution >= 4 is 34.4 Å². The quantitative estimate of drug-likeness (QED) is 0.235. The molecular weight excluding hydrogens is 552 g/mol. The van der Waals surface area contributed by atoms with Gasteiger partial charge >= 0.3 is 0 Å². The SMILES string of the molecule is CNC(=O)[C@@H](NC(=O)[C@H](Cc1ccccc1)CS(=O)C[C@@H](Cc1ccccc1)C(=O)N[C@H](C(=O)NC)C(C)C)C(C)C. The third kappa shape index (κ3) is 11.0. The van der Waals surface area contributed by atoms with Crippen molar-refractivity contribution in [3.63, 3.8) is 0 Å². The largest absolute Gasteiger partial charge is 0.357 e. The molecule has 0 aliphatic rings. The van der Waals surface area contributed by atoms with Crippen molar-refractivity contribution in [3.8, 4) is 0 Å². The zero-order chi connectivity index (χ0) is 31.2. The maximum atomic E-state index is 13.7. The number of nitrogens with one attached hydrogen (secondary N) is 4. The lowest BCUT2D eigenvalue weighted by molar-refractivity contribution is -0.131. The topological polar surface area (TPSA) is 133 Å². The summed E-state index contributed by atoms with van der Waals surface area (Å²) in [5.41, 5.74) is 1.80. The lowest BCUT2D eigenvalue weighted by atomic mass is 9.97. The molecule has 4 atom stereocenters. The summed E-state index contributed by atoms with van der Waals surface area (Å²) in [6.07, 6.45) is 0.664. The highest BCUT2D eigenvalue weighted by atomic mass is 32.2. The van der Waals surface area contributed by atoms with Gasteiger partial charge in [-0.2, -0.15) is 0 Å². The van der Waals surface area contributed by atoms with E-state index in [0.29, 0.717) is 12.8 Å². The molecule has 0 bridgehead atoms. The molecule has 2 aromatic rings. The van der Waals surface area contributed by atoms with Crippen LogP contribution < -0.4 is 21.3 Å². The van der Waals surface area contributed by atoms with E-state index in [1.54, 1.807) is 0 Å². The summed E-state index contributed by atoms with van der Waals surface area (Å²) in [5, 5.41) is 10.9. The van der Waals surface area contributed by atoms with Crippen LogP contribution in [0.5, 0.6) is 0 Å². The highest BCUT2D eigenvalue weighted by Gasteiger charge is 2.32. The van der Waals surface area contributed by atoms with Crippen molar-refractivity contribution in [2.45, 2.75) is 52.6 Å². The van der Waals surface area contributed by atoms with Crippen molar-refractivity contribution in [1.82, 2.24) is 21.3 Å². The molecule has 0 aromatic heterocycles. The van der Waals surface area contributed by atoms with Gasteiger partial charge in [-0.25, -0.2) is 0 Å². The molecule has 2 aromatic carbocycles. The molecule has 0 saturated carbocycles. The van der Waals surface area contributed by atoms with Gasteiger partial charge in [0.05, 0.1) is 11.8 Å². The van der Waals surface area contributed by atoms with Gasteiger partial charge in [0, 0.05) is 36.4 Å². The second-order valence-electron chi connectivity index (χ2n) is 11.2. The number of likely N-dealkylation sites (N-methyl/N-ethyl adjacent to an activating group) is 2. The fourth-order valence-electron chi connectivity index (χ4n) is 4.69. The fourth-order valence-corrected chi connectivity index (χ4v) is 6.26. The average molecular weight is 599 g/mol. The second kappa shape index (κ2) is 17.4. The Kier molecular flexibility index (Phi) is 14.4. The predicted octanol–water partition coefficient (Wildman–Crippen LogP) is 2.23. The van der Waals surface area contributed by atoms with Crippen LogP contribution in [-0.2, 0) is 42.8 Å². The molecule has 0 spiro atoms. The Balaban J connectivity index is 2.29. The Morgan fingerprint density at radius 1 is 0.595 bits per heavy atom. The molecule has 2 rings (SSSR count). The normalized spacial score (nSPS) is 14.1. The van der Waals surface area contributed by atoms with Crippen LogP contribution in [0.2, 0.25) is 0 Å². The van der Waals surface area contributed by atoms with Crippen molar-refractivity contribution in [3.05, 3.63) is 71.8 Å². The van der Waals surface area contributed by atoms with E-state index in [2.05, 4.69) is 21.3 Å². The minimum atomic E-state index is -1.57. The third-order valence-corrected chi connectivity index (χ3v) is 8.70. The zero-order valence-electron chi connectivity index (χ0n) is 25.5. The van der Waals surface area contributed by atoms with Gasteiger partial charge in [-0.1, -0.05) is 88.4 Å². The van der Waals surface area contributed by atoms with E-state index in [1.807, 2.05) is 88.4 Å². The number of benzene rings is 2. The van der Waals surface area contributed by atoms with Gasteiger partial charge in [-0.15, -0.1) is 0 Å². The smallest absolute Gasteiger partial charge is 0.242 e. The Morgan fingerprint density at radius 3 is 1.21 bits per heavy atom. The number of amides is 4. The van der Waals surface area contributed by atoms with Crippen LogP contribution in [0.25, 0.3) is 0 Å². The highest BCUT2D eigenvalue weighted by molar-refractivity contribution is 7.85. The third-order valence-electron chi connectivity index (χ3n) is 7.15. The van der Waals surface area contributed by atoms with Crippen molar-refractivity contribution < 1.29 is 23.4 Å². The molecule has 9 nitrogen and oxygen atoms in total. The summed E-state index contributed by atoms with van der Waals surface area (Å²) >= 11 is 0. The first-order valence-corrected chi connectivity index (χ1v) is 15.9. The number of hydrogen-bond donors (Lipinski definition) is 4. The average Bonchev–Trinajstić information content (AvgIpc) is 2.97. The minimum Gasteiger partial charge on any atom is -0.357 e. The predicted molar refractivity (Wildman–Crippen MR) is 167 cm³/mol. The van der Waals surface area contributed by atoms with E-state index >= 15 is 0 Å². The van der Waals surface area contributed by atoms with E-state index in [1.165, 1.54) is 14.1 Å². The summed E-state index contributed by atoms with van der Waals surface area (Å²) in [4.78, 5) is 51.9. The summed E-state index contributed by atoms with van der Waals surface area (Å²) < 4.78 is 13.7. The van der Waals surface area contributed by atoms with Crippen LogP contribution in [0, 0.1) is 23.7 Å². The molecule has 0 fully saturated rings. The first-order valence-electron chi connectivity index (χ1n) is 14.4. The lowest BCUT2D eigenvalue weighted by Gasteiger charge is -2.26. The second-order valence-corrected chi connectivity index (χ2v) is 12.8. The Hall–Kier alpha value is -3.53. The van der Waals surface area contributed by atoms with Crippen LogP contribution in [0.4, 0.5) is 0 Å². The van der Waals surface area contributed by atoms with Gasteiger partial charge in [-0.3, -0.25) is 23.4 Å². The van der Waals surface area contributed by atoms with E-state index < -0.39 is 34.7 Å². The lowest BCUT2D eigenvalue weighted by Crippen LogP contribution is -2.52. The van der Waals surface area contributed by atoms with Gasteiger partial charge in [-0.05, 0) is 35.8 Å². The van der Waals surface area contributed by atoms with Gasteiger partial charge in [0.25, 0.3) is 0 Å². The molecule has 42 heavy (non-hydrogen) atoms. The summed E-state index contributed by atoms with van der Waals surface area (Å²) in [6.45, 7) is 7.39. The molecule has 0 radical (unpaired) electrons. The minimum absolute atomic E-state index is 0.0148. The number of carbonyl (C=O) groups is 4. The maximum Gasteiger partial charge on any atom is 0.242 e. The van der Waals surface area contributed by atoms with Crippen LogP contribution >= 0.6 is 0 Å². The van der Waals surface area contributed by atoms with E-state index in [9.17, 15) is 23.4 Å². The number of carbonyl (C=O) groups excluding carboxylic acids is 4. The highest BCUT2D eigenvalue weighted by Crippen LogP contribution is 2.17. The molecule has 0 saturated heterocycles. The first kappa shape index (κ1) is 34.7. The molecule has 10 heteroatoms. The van der Waals surface area contributed by atoms with Crippen LogP contribution in [0.3, 0.4) is 0 Å². The fraction of sp³-hybridized carbons (Fsp3) is 0.500. The Labute approximate surface area is 252 Å². The Morgan fingerprint density at radius 2 is 0.929 bits per heavy atom. The maximum absolute atomic E-state index is 13.7. The van der Waals surface area contributed by atoms with Crippen molar-refractivity contribution in [1.29, 1.82) is 0 Å². The molecular formula is C32H46N4O5S. The molecule has 0 heterocycles. The number of rotatable bonds is 16. The molecule has 0 aliphatic heterocycles. The van der Waals surface area contributed by atoms with Gasteiger partial charge in [0.1, 0.15) is 12.1 Å². The van der Waals surface area contributed by atoms with E-state index in [4.69, 9.17) is 0 Å². The molecule has 4 N–H and O–H groups in total. The summed E-state index contributed by atoms with van der Waals surface area (Å²) in [7, 11) is 1.47. The van der Waals surface area contributed by atoms with Crippen LogP contribution in [0.1, 0.15) is 38.8 Å². The van der Waals surface area contributed by atoms with Crippen molar-refractivity contribution in [2.24, 2.45) is 23.7 Å². The molecule has 0 aliphatic carbocycles. The number of hydrogen-bond acceptors (Lipinski definition) is 5. The van der Waals surface area contributed by atoms with E-state index in [0.717, 1.165) is 11.1 Å². The van der Waals surface area contributed by atoms with Crippen LogP contribution in [0.15, 0.2) is 60.7 Å². The standard InChI is InChI=1S/C32H46N4O5S/c1-21(2)27(31(39)33-5)35-29(37)25(17-23-13-9-7-10-14-23)19-42(41)20-26(18-24-15-11-8-12-16-24)30(38)36-28(22(3)4)32(40)34-6/h7-16,21-22,25-28H,17-20H2,1-6H3,(H,33,39)(H,34,40)(H,35,37)(H,36,38)/t25-,26-,27+,28+/m1/s1. The van der Waals surface area contributed by atoms with Gasteiger partial charge in [0.2, 0.25) is 23.6 Å². The molecule has 4 amide bonds. The van der Waals surface area contributed by atoms with Gasteiger partial charge < -0.3 is 21.3 Å². The van der Waals surface area contributed by atoms with Crippen molar-refractivity contribution in [2.75, 3.05) is 25.6 Å². The van der Waals surface area contributed by atoms with Crippen LogP contribution in [-0.4, -0.2) is 65.5 Å². The first-order chi connectivity index (χ1) is 20.0. The summed E-state index contributed by atoms with van der Waals surface area (Å²) in [5.74, 6) is -2.96. The van der Waals surface area contributed by atoms with E-state index in [-0.39, 0.29) is 47.0 Å². The monoisotopic (exact) mass is 598 g/mol.